The number of ether oxygens (including phenoxy) is 1. The van der Waals surface area contributed by atoms with Gasteiger partial charge in [-0.25, -0.2) is 14.2 Å². The number of piperidine rings is 1. The van der Waals surface area contributed by atoms with Gasteiger partial charge in [-0.05, 0) is 37.1 Å². The average Bonchev–Trinajstić information content (AvgIpc) is 3.20. The van der Waals surface area contributed by atoms with Crippen LogP contribution in [0.5, 0.6) is 5.75 Å². The normalized spacial score (nSPS) is 18.5. The molecule has 1 aliphatic heterocycles. The number of halogens is 3. The van der Waals surface area contributed by atoms with Crippen LogP contribution in [-0.2, 0) is 4.79 Å². The Bertz CT molecular complexity index is 1170. The van der Waals surface area contributed by atoms with Gasteiger partial charge >= 0.3 is 6.09 Å². The van der Waals surface area contributed by atoms with Gasteiger partial charge in [0.15, 0.2) is 12.2 Å². The van der Waals surface area contributed by atoms with E-state index in [-0.39, 0.29) is 29.8 Å². The molecule has 2 atom stereocenters. The molecule has 2 amide bonds. The molecule has 4 rings (SSSR count). The number of likely N-dealkylation sites (tertiary alicyclic amines) is 1. The topological polar surface area (TPSA) is 105 Å². The number of amides is 2. The van der Waals surface area contributed by atoms with E-state index in [1.807, 2.05) is 0 Å². The smallest absolute Gasteiger partial charge is 0.408 e. The maximum Gasteiger partial charge on any atom is 0.408 e. The summed E-state index contributed by atoms with van der Waals surface area (Å²) in [4.78, 5) is 29.7. The highest BCUT2D eigenvalue weighted by Crippen LogP contribution is 2.34. The van der Waals surface area contributed by atoms with Crippen molar-refractivity contribution in [2.75, 3.05) is 13.2 Å². The Morgan fingerprint density at radius 2 is 2.06 bits per heavy atom. The number of nitrogens with zero attached hydrogens (tertiary/aromatic N) is 2. The van der Waals surface area contributed by atoms with Crippen molar-refractivity contribution >= 4 is 46.3 Å². The van der Waals surface area contributed by atoms with Crippen molar-refractivity contribution in [2.45, 2.75) is 24.9 Å². The van der Waals surface area contributed by atoms with Gasteiger partial charge in [-0.3, -0.25) is 9.69 Å². The first-order chi connectivity index (χ1) is 15.3. The first-order valence-electron chi connectivity index (χ1n) is 9.73. The lowest BCUT2D eigenvalue weighted by Gasteiger charge is -2.36. The second-order valence-electron chi connectivity index (χ2n) is 7.30. The number of hydrogen-bond donors (Lipinski definition) is 2. The van der Waals surface area contributed by atoms with Crippen LogP contribution in [0.1, 0.15) is 24.8 Å². The predicted octanol–water partition coefficient (Wildman–Crippen LogP) is 4.65. The van der Waals surface area contributed by atoms with E-state index in [0.29, 0.717) is 29.0 Å². The van der Waals surface area contributed by atoms with Gasteiger partial charge in [-0.15, -0.1) is 0 Å². The fourth-order valence-electron chi connectivity index (χ4n) is 3.62. The van der Waals surface area contributed by atoms with Crippen LogP contribution in [0.2, 0.25) is 10.0 Å². The Balaban J connectivity index is 1.39. The zero-order valence-corrected chi connectivity index (χ0v) is 18.1. The number of rotatable bonds is 5. The maximum absolute atomic E-state index is 13.5. The van der Waals surface area contributed by atoms with Crippen LogP contribution >= 0.6 is 23.2 Å². The predicted molar refractivity (Wildman–Crippen MR) is 115 cm³/mol. The minimum Gasteiger partial charge on any atom is -0.484 e. The third-order valence-electron chi connectivity index (χ3n) is 5.13. The van der Waals surface area contributed by atoms with E-state index < -0.39 is 29.9 Å². The van der Waals surface area contributed by atoms with Crippen molar-refractivity contribution in [2.24, 2.45) is 0 Å². The lowest BCUT2D eigenvalue weighted by atomic mass is 9.98. The van der Waals surface area contributed by atoms with E-state index in [1.54, 1.807) is 18.2 Å². The molecule has 2 N–H and O–H groups in total. The summed E-state index contributed by atoms with van der Waals surface area (Å²) < 4.78 is 24.5. The molecule has 0 saturated carbocycles. The number of fused-ring (bicyclic) bond motifs is 1. The quantitative estimate of drug-likeness (QED) is 0.549. The fraction of sp³-hybridized carbons (Fsp3) is 0.286. The second-order valence-corrected chi connectivity index (χ2v) is 8.11. The minimum absolute atomic E-state index is 0.0477. The molecule has 1 aromatic heterocycles. The van der Waals surface area contributed by atoms with Crippen molar-refractivity contribution in [3.8, 4) is 5.75 Å². The highest BCUT2D eigenvalue weighted by molar-refractivity contribution is 6.34. The summed E-state index contributed by atoms with van der Waals surface area (Å²) in [5, 5.41) is 12.8. The average molecular weight is 482 g/mol. The summed E-state index contributed by atoms with van der Waals surface area (Å²) in [5.41, 5.74) is 0.949. The summed E-state index contributed by atoms with van der Waals surface area (Å²) >= 11 is 11.8. The van der Waals surface area contributed by atoms with Gasteiger partial charge in [0.05, 0.1) is 10.0 Å². The zero-order chi connectivity index (χ0) is 22.8. The molecule has 2 aromatic carbocycles. The molecule has 0 spiro atoms. The van der Waals surface area contributed by atoms with Crippen LogP contribution in [0, 0.1) is 5.82 Å². The molecular formula is C21H18Cl2FN3O5. The SMILES string of the molecule is O=C(COc1ccc(Cl)c(F)c1)NC1CCC(c2nc3c(Cl)cccc3o2)N(C(=O)O)C1. The van der Waals surface area contributed by atoms with Crippen LogP contribution < -0.4 is 10.1 Å². The van der Waals surface area contributed by atoms with Crippen molar-refractivity contribution in [1.82, 2.24) is 15.2 Å². The first-order valence-corrected chi connectivity index (χ1v) is 10.5. The molecule has 2 unspecified atom stereocenters. The van der Waals surface area contributed by atoms with E-state index >= 15 is 0 Å². The third-order valence-corrected chi connectivity index (χ3v) is 5.74. The van der Waals surface area contributed by atoms with Crippen molar-refractivity contribution in [3.05, 3.63) is 58.2 Å². The van der Waals surface area contributed by atoms with Gasteiger partial charge in [0, 0.05) is 18.7 Å². The Morgan fingerprint density at radius 3 is 2.78 bits per heavy atom. The highest BCUT2D eigenvalue weighted by Gasteiger charge is 2.36. The Kier molecular flexibility index (Phi) is 6.38. The number of para-hydroxylation sites is 1. The van der Waals surface area contributed by atoms with Crippen LogP contribution in [0.4, 0.5) is 9.18 Å². The van der Waals surface area contributed by atoms with Gasteiger partial charge in [0.2, 0.25) is 5.89 Å². The van der Waals surface area contributed by atoms with Crippen molar-refractivity contribution in [3.63, 3.8) is 0 Å². The first kappa shape index (κ1) is 22.2. The lowest BCUT2D eigenvalue weighted by molar-refractivity contribution is -0.124. The molecule has 1 aliphatic rings. The number of nitrogens with one attached hydrogen (secondary N) is 1. The minimum atomic E-state index is -1.16. The van der Waals surface area contributed by atoms with E-state index in [9.17, 15) is 19.1 Å². The van der Waals surface area contributed by atoms with E-state index in [0.717, 1.165) is 6.07 Å². The standard InChI is InChI=1S/C21H18Cl2FN3O5/c22-13-6-5-12(8-15(13)24)31-10-18(28)25-11-4-7-16(27(9-11)21(29)30)20-26-19-14(23)2-1-3-17(19)32-20/h1-3,5-6,8,11,16H,4,7,9-10H2,(H,25,28)(H,29,30). The summed E-state index contributed by atoms with van der Waals surface area (Å²) in [5.74, 6) is -0.691. The monoisotopic (exact) mass is 481 g/mol. The molecule has 168 valence electrons. The maximum atomic E-state index is 13.5. The molecule has 0 bridgehead atoms. The lowest BCUT2D eigenvalue weighted by Crippen LogP contribution is -2.51. The van der Waals surface area contributed by atoms with Crippen molar-refractivity contribution in [1.29, 1.82) is 0 Å². The zero-order valence-electron chi connectivity index (χ0n) is 16.6. The number of carbonyl (C=O) groups is 2. The molecular weight excluding hydrogens is 464 g/mol. The van der Waals surface area contributed by atoms with Gasteiger partial charge in [0.25, 0.3) is 5.91 Å². The van der Waals surface area contributed by atoms with Crippen LogP contribution in [-0.4, -0.2) is 46.2 Å². The molecule has 2 heterocycles. The van der Waals surface area contributed by atoms with Crippen molar-refractivity contribution < 1.29 is 28.2 Å². The summed E-state index contributed by atoms with van der Waals surface area (Å²) in [6.45, 7) is -0.300. The molecule has 0 radical (unpaired) electrons. The Morgan fingerprint density at radius 1 is 1.25 bits per heavy atom. The summed E-state index contributed by atoms with van der Waals surface area (Å²) in [6.07, 6.45) is -0.261. The Labute approximate surface area is 191 Å². The molecule has 1 fully saturated rings. The van der Waals surface area contributed by atoms with Crippen LogP contribution in [0.15, 0.2) is 40.8 Å². The second kappa shape index (κ2) is 9.22. The number of aromatic nitrogens is 1. The molecule has 0 aliphatic carbocycles. The van der Waals surface area contributed by atoms with E-state index in [4.69, 9.17) is 32.4 Å². The number of oxazole rings is 1. The molecule has 8 nitrogen and oxygen atoms in total. The number of carbonyl (C=O) groups excluding carboxylic acids is 1. The molecule has 11 heteroatoms. The summed E-state index contributed by atoms with van der Waals surface area (Å²) in [6, 6.07) is 7.95. The van der Waals surface area contributed by atoms with E-state index in [2.05, 4.69) is 10.3 Å². The number of hydrogen-bond acceptors (Lipinski definition) is 5. The van der Waals surface area contributed by atoms with Gasteiger partial charge in [-0.2, -0.15) is 0 Å². The van der Waals surface area contributed by atoms with Gasteiger partial charge in [-0.1, -0.05) is 29.3 Å². The highest BCUT2D eigenvalue weighted by atomic mass is 35.5. The molecule has 3 aromatic rings. The third kappa shape index (κ3) is 4.73. The van der Waals surface area contributed by atoms with Gasteiger partial charge < -0.3 is 19.6 Å². The van der Waals surface area contributed by atoms with Crippen LogP contribution in [0.25, 0.3) is 11.1 Å². The largest absolute Gasteiger partial charge is 0.484 e. The Hall–Kier alpha value is -3.04. The number of benzene rings is 2. The fourth-order valence-corrected chi connectivity index (χ4v) is 3.94. The summed E-state index contributed by atoms with van der Waals surface area (Å²) in [7, 11) is 0. The number of carboxylic acid groups (broad SMARTS) is 1. The van der Waals surface area contributed by atoms with Crippen LogP contribution in [0.3, 0.4) is 0 Å². The molecule has 1 saturated heterocycles. The van der Waals surface area contributed by atoms with E-state index in [1.165, 1.54) is 17.0 Å². The van der Waals surface area contributed by atoms with Gasteiger partial charge in [0.1, 0.15) is 23.1 Å². The molecule has 32 heavy (non-hydrogen) atoms.